The number of nitrogens with zero attached hydrogens (tertiary/aromatic N) is 3. The van der Waals surface area contributed by atoms with Crippen LogP contribution in [0.4, 0.5) is 34.1 Å². The van der Waals surface area contributed by atoms with E-state index in [1.165, 1.54) is 106 Å². The topological polar surface area (TPSA) is 24.6 Å². The summed E-state index contributed by atoms with van der Waals surface area (Å²) in [5, 5.41) is 3.58. The number of benzene rings is 8. The van der Waals surface area contributed by atoms with Crippen LogP contribution in [0.2, 0.25) is 0 Å². The Morgan fingerprint density at radius 1 is 0.514 bits per heavy atom. The zero-order valence-electron chi connectivity index (χ0n) is 44.3. The van der Waals surface area contributed by atoms with Crippen LogP contribution in [-0.2, 0) is 21.7 Å². The molecule has 13 rings (SSSR count). The van der Waals surface area contributed by atoms with Gasteiger partial charge in [-0.15, -0.1) is 0 Å². The van der Waals surface area contributed by atoms with E-state index in [1.54, 1.807) is 0 Å². The van der Waals surface area contributed by atoms with Crippen LogP contribution in [-0.4, -0.2) is 11.3 Å². The highest BCUT2D eigenvalue weighted by molar-refractivity contribution is 7.00. The summed E-state index contributed by atoms with van der Waals surface area (Å²) in [4.78, 5) is 5.14. The Kier molecular flexibility index (Phi) is 9.26. The smallest absolute Gasteiger partial charge is 0.252 e. The fourth-order valence-electron chi connectivity index (χ4n) is 12.9. The summed E-state index contributed by atoms with van der Waals surface area (Å²) in [7, 11) is 0. The molecule has 8 aromatic carbocycles. The van der Waals surface area contributed by atoms with E-state index in [0.29, 0.717) is 0 Å². The quantitative estimate of drug-likeness (QED) is 0.164. The Balaban J connectivity index is 1.16. The molecule has 0 saturated heterocycles. The van der Waals surface area contributed by atoms with Crippen LogP contribution >= 0.6 is 0 Å². The van der Waals surface area contributed by atoms with E-state index in [0.717, 1.165) is 33.3 Å². The third-order valence-corrected chi connectivity index (χ3v) is 16.6. The Labute approximate surface area is 426 Å². The molecule has 3 aliphatic rings. The molecular formula is C67H64BN3O. The Hall–Kier alpha value is -7.24. The van der Waals surface area contributed by atoms with Crippen molar-refractivity contribution in [1.29, 1.82) is 0 Å². The van der Waals surface area contributed by atoms with Gasteiger partial charge in [-0.2, -0.15) is 0 Å². The molecule has 5 heteroatoms. The van der Waals surface area contributed by atoms with Crippen LogP contribution in [0.1, 0.15) is 115 Å². The van der Waals surface area contributed by atoms with Crippen LogP contribution in [0.5, 0.6) is 0 Å². The first-order valence-corrected chi connectivity index (χ1v) is 26.0. The van der Waals surface area contributed by atoms with Crippen molar-refractivity contribution in [3.63, 3.8) is 0 Å². The number of aryl methyl sites for hydroxylation is 2. The molecule has 2 aliphatic heterocycles. The summed E-state index contributed by atoms with van der Waals surface area (Å²) < 4.78 is 9.40. The number of rotatable bonds is 4. The molecule has 1 aliphatic carbocycles. The SMILES string of the molecule is Cc1cc(C(C)(C)C)ccc1N(c1ccc2c(c1)N(c1cccc3oc4ccccc4c13)c1cc(C(C)(C)C)cc3c1B2c1cccc2c4c(n-3c12)-c1ccccc1C4(C)C)c1ccc(C(C)(C)C)cc1C. The van der Waals surface area contributed by atoms with E-state index >= 15 is 0 Å². The van der Waals surface area contributed by atoms with Gasteiger partial charge in [0.25, 0.3) is 6.71 Å². The average molecular weight is 938 g/mol. The van der Waals surface area contributed by atoms with Gasteiger partial charge in [0.2, 0.25) is 0 Å². The average Bonchev–Trinajstić information content (AvgIpc) is 3.97. The lowest BCUT2D eigenvalue weighted by atomic mass is 9.33. The van der Waals surface area contributed by atoms with Crippen LogP contribution in [0, 0.1) is 13.8 Å². The standard InChI is InChI=1S/C67H64BN3O/c1-39-34-41(64(3,4)5)28-32-51(39)69(52-33-29-42(35-40(52)2)65(6,7)8)44-30-31-49-54(38-44)70(53-25-19-27-58-59(53)46-21-15-17-26-57(46)72-58)55-36-43(66(9,10)11)37-56-61(55)68(49)50-24-18-22-47-60-63(71(56)62(47)50)45-20-14-16-23-48(45)67(60,12)13/h14-38H,1-13H3. The highest BCUT2D eigenvalue weighted by atomic mass is 16.3. The highest BCUT2D eigenvalue weighted by Crippen LogP contribution is 2.55. The summed E-state index contributed by atoms with van der Waals surface area (Å²) in [5.74, 6) is 0. The van der Waals surface area contributed by atoms with E-state index in [4.69, 9.17) is 4.42 Å². The molecule has 2 aromatic heterocycles. The minimum atomic E-state index is -0.175. The summed E-state index contributed by atoms with van der Waals surface area (Å²) in [6.45, 7) is 30.3. The molecular weight excluding hydrogens is 874 g/mol. The minimum Gasteiger partial charge on any atom is -0.456 e. The van der Waals surface area contributed by atoms with E-state index in [9.17, 15) is 0 Å². The fourth-order valence-corrected chi connectivity index (χ4v) is 12.9. The summed E-state index contributed by atoms with van der Waals surface area (Å²) >= 11 is 0. The predicted molar refractivity (Wildman–Crippen MR) is 308 cm³/mol. The maximum absolute atomic E-state index is 6.72. The molecule has 4 heterocycles. The fraction of sp³-hybridized carbons (Fsp3) is 0.254. The third kappa shape index (κ3) is 6.25. The van der Waals surface area contributed by atoms with Gasteiger partial charge in [-0.05, 0) is 140 Å². The molecule has 0 fully saturated rings. The van der Waals surface area contributed by atoms with Gasteiger partial charge in [0.1, 0.15) is 11.2 Å². The van der Waals surface area contributed by atoms with Gasteiger partial charge in [0.05, 0.1) is 16.8 Å². The summed E-state index contributed by atoms with van der Waals surface area (Å²) in [6, 6.07) is 58.1. The molecule has 0 unspecified atom stereocenters. The van der Waals surface area contributed by atoms with Gasteiger partial charge >= 0.3 is 0 Å². The van der Waals surface area contributed by atoms with Crippen LogP contribution in [0.15, 0.2) is 156 Å². The monoisotopic (exact) mass is 938 g/mol. The number of para-hydroxylation sites is 2. The first-order chi connectivity index (χ1) is 34.2. The molecule has 0 atom stereocenters. The lowest BCUT2D eigenvalue weighted by Gasteiger charge is -2.42. The van der Waals surface area contributed by atoms with Gasteiger partial charge in [0.15, 0.2) is 0 Å². The first kappa shape index (κ1) is 44.7. The molecule has 0 saturated carbocycles. The molecule has 10 aromatic rings. The molecule has 0 bridgehead atoms. The number of anilines is 6. The normalized spacial score (nSPS) is 14.5. The maximum atomic E-state index is 6.72. The Bertz CT molecular complexity index is 3890. The van der Waals surface area contributed by atoms with Crippen molar-refractivity contribution in [2.24, 2.45) is 0 Å². The molecule has 4 nitrogen and oxygen atoms in total. The van der Waals surface area contributed by atoms with E-state index < -0.39 is 0 Å². The number of furan rings is 1. The van der Waals surface area contributed by atoms with Gasteiger partial charge in [-0.3, -0.25) is 0 Å². The van der Waals surface area contributed by atoms with Gasteiger partial charge in [0, 0.05) is 61.4 Å². The van der Waals surface area contributed by atoms with Crippen molar-refractivity contribution in [3.8, 4) is 16.9 Å². The number of hydrogen-bond acceptors (Lipinski definition) is 3. The molecule has 0 spiro atoms. The van der Waals surface area contributed by atoms with Crippen molar-refractivity contribution in [2.45, 2.75) is 112 Å². The second-order valence-corrected chi connectivity index (χ2v) is 24.7. The van der Waals surface area contributed by atoms with E-state index in [-0.39, 0.29) is 28.4 Å². The predicted octanol–water partition coefficient (Wildman–Crippen LogP) is 16.4. The van der Waals surface area contributed by atoms with Crippen LogP contribution in [0.3, 0.4) is 0 Å². The molecule has 72 heavy (non-hydrogen) atoms. The van der Waals surface area contributed by atoms with E-state index in [1.807, 2.05) is 0 Å². The van der Waals surface area contributed by atoms with Gasteiger partial charge in [-0.1, -0.05) is 173 Å². The zero-order valence-corrected chi connectivity index (χ0v) is 44.3. The number of fused-ring (bicyclic) bond motifs is 12. The Morgan fingerprint density at radius 3 is 1.81 bits per heavy atom. The van der Waals surface area contributed by atoms with Crippen LogP contribution in [0.25, 0.3) is 49.8 Å². The maximum Gasteiger partial charge on any atom is 0.252 e. The van der Waals surface area contributed by atoms with Gasteiger partial charge < -0.3 is 18.8 Å². The molecule has 0 radical (unpaired) electrons. The molecule has 356 valence electrons. The van der Waals surface area contributed by atoms with E-state index in [2.05, 4.69) is 256 Å². The molecule has 0 amide bonds. The lowest BCUT2D eigenvalue weighted by Crippen LogP contribution is -2.60. The highest BCUT2D eigenvalue weighted by Gasteiger charge is 2.48. The zero-order chi connectivity index (χ0) is 50.1. The summed E-state index contributed by atoms with van der Waals surface area (Å²) in [6.07, 6.45) is 0. The van der Waals surface area contributed by atoms with Crippen molar-refractivity contribution in [1.82, 2.24) is 4.57 Å². The third-order valence-electron chi connectivity index (χ3n) is 16.6. The van der Waals surface area contributed by atoms with Crippen molar-refractivity contribution in [2.75, 3.05) is 9.80 Å². The van der Waals surface area contributed by atoms with Crippen molar-refractivity contribution >= 4 is 90.1 Å². The van der Waals surface area contributed by atoms with Crippen LogP contribution < -0.4 is 26.2 Å². The second kappa shape index (κ2) is 14.9. The molecule has 0 N–H and O–H groups in total. The Morgan fingerprint density at radius 2 is 1.12 bits per heavy atom. The van der Waals surface area contributed by atoms with Crippen molar-refractivity contribution < 1.29 is 4.42 Å². The number of hydrogen-bond donors (Lipinski definition) is 0. The largest absolute Gasteiger partial charge is 0.456 e. The lowest BCUT2D eigenvalue weighted by molar-refractivity contribution is 0.589. The number of aromatic nitrogens is 1. The van der Waals surface area contributed by atoms with Gasteiger partial charge in [-0.25, -0.2) is 0 Å². The minimum absolute atomic E-state index is 0.0170. The first-order valence-electron chi connectivity index (χ1n) is 26.0. The summed E-state index contributed by atoms with van der Waals surface area (Å²) in [5.41, 5.74) is 27.0. The van der Waals surface area contributed by atoms with Crippen molar-refractivity contribution in [3.05, 3.63) is 191 Å². The second-order valence-electron chi connectivity index (χ2n) is 24.7.